The molecule has 0 unspecified atom stereocenters. The van der Waals surface area contributed by atoms with Crippen molar-refractivity contribution in [2.45, 2.75) is 89.7 Å². The van der Waals surface area contributed by atoms with Gasteiger partial charge >= 0.3 is 0 Å². The van der Waals surface area contributed by atoms with Gasteiger partial charge in [0.15, 0.2) is 14.4 Å². The van der Waals surface area contributed by atoms with Crippen LogP contribution in [0, 0.1) is 0 Å². The lowest BCUT2D eigenvalue weighted by Crippen LogP contribution is -2.55. The zero-order valence-corrected chi connectivity index (χ0v) is 30.3. The molecule has 0 heterocycles. The lowest BCUT2D eigenvalue weighted by Gasteiger charge is -2.39. The number of ether oxygens (including phenoxy) is 3. The number of benzene rings is 4. The average molecular weight is 686 g/mol. The highest BCUT2D eigenvalue weighted by Gasteiger charge is 2.43. The second-order valence-corrected chi connectivity index (χ2v) is 18.4. The quantitative estimate of drug-likeness (QED) is 0.0786. The van der Waals surface area contributed by atoms with Crippen LogP contribution < -0.4 is 5.48 Å². The molecule has 0 aromatic heterocycles. The molecule has 8 nitrogen and oxygen atoms in total. The Hall–Kier alpha value is -3.67. The number of hydrogen-bond donors (Lipinski definition) is 2. The van der Waals surface area contributed by atoms with Gasteiger partial charge in [-0.15, -0.1) is 0 Å². The molecule has 4 aromatic rings. The van der Waals surface area contributed by atoms with E-state index in [0.29, 0.717) is 0 Å². The Morgan fingerprint density at radius 2 is 1.02 bits per heavy atom. The molecule has 2 N–H and O–H groups in total. The summed E-state index contributed by atoms with van der Waals surface area (Å²) in [5.74, 6) is -0.559. The van der Waals surface area contributed by atoms with Crippen LogP contribution in [-0.4, -0.2) is 50.4 Å². The van der Waals surface area contributed by atoms with Crippen LogP contribution in [0.5, 0.6) is 0 Å². The van der Waals surface area contributed by atoms with Crippen LogP contribution >= 0.6 is 0 Å². The first-order valence-corrected chi connectivity index (χ1v) is 19.7. The zero-order valence-electron chi connectivity index (χ0n) is 29.3. The number of hydrogen-bond acceptors (Lipinski definition) is 7. The molecule has 262 valence electrons. The van der Waals surface area contributed by atoms with E-state index in [1.165, 1.54) is 0 Å². The summed E-state index contributed by atoms with van der Waals surface area (Å²) >= 11 is 0. The molecule has 1 amide bonds. The van der Waals surface area contributed by atoms with Crippen LogP contribution in [0.15, 0.2) is 121 Å². The molecule has 4 rings (SSSR count). The van der Waals surface area contributed by atoms with Gasteiger partial charge in [-0.05, 0) is 40.4 Å². The van der Waals surface area contributed by atoms with Crippen molar-refractivity contribution in [2.24, 2.45) is 0 Å². The molecular weight excluding hydrogens is 635 g/mol. The third-order valence-corrected chi connectivity index (χ3v) is 13.3. The van der Waals surface area contributed by atoms with Crippen LogP contribution in [-0.2, 0) is 54.7 Å². The van der Waals surface area contributed by atoms with Gasteiger partial charge in [-0.2, -0.15) is 0 Å². The second-order valence-electron chi connectivity index (χ2n) is 13.6. The second kappa shape index (κ2) is 18.9. The SMILES string of the molecule is CC(C)(C)[Si](C)(C)OC[C@@H](O)[C@@H](OCc1ccccc1)[C@H](OCc1ccccc1)[C@@H](OCc1ccccc1)C(=O)NOCc1ccccc1. The highest BCUT2D eigenvalue weighted by atomic mass is 28.4. The Bertz CT molecular complexity index is 1500. The van der Waals surface area contributed by atoms with E-state index in [1.54, 1.807) is 0 Å². The first kappa shape index (κ1) is 38.1. The number of hydroxylamine groups is 1. The lowest BCUT2D eigenvalue weighted by molar-refractivity contribution is -0.194. The summed E-state index contributed by atoms with van der Waals surface area (Å²) in [7, 11) is -2.25. The Balaban J connectivity index is 1.67. The normalized spacial score (nSPS) is 14.5. The fourth-order valence-electron chi connectivity index (χ4n) is 4.82. The summed E-state index contributed by atoms with van der Waals surface area (Å²) in [6.07, 6.45) is -4.47. The summed E-state index contributed by atoms with van der Waals surface area (Å²) in [4.78, 5) is 19.7. The van der Waals surface area contributed by atoms with E-state index in [4.69, 9.17) is 23.5 Å². The van der Waals surface area contributed by atoms with Gasteiger partial charge in [-0.25, -0.2) is 5.48 Å². The molecule has 9 heteroatoms. The molecular formula is C40H51NO7Si. The predicted molar refractivity (Wildman–Crippen MR) is 194 cm³/mol. The summed E-state index contributed by atoms with van der Waals surface area (Å²) in [5, 5.41) is 11.8. The summed E-state index contributed by atoms with van der Waals surface area (Å²) in [5.41, 5.74) is 6.15. The molecule has 0 bridgehead atoms. The van der Waals surface area contributed by atoms with Crippen LogP contribution in [0.4, 0.5) is 0 Å². The van der Waals surface area contributed by atoms with Gasteiger partial charge in [-0.3, -0.25) is 9.63 Å². The maximum absolute atomic E-state index is 14.1. The number of aliphatic hydroxyl groups excluding tert-OH is 1. The van der Waals surface area contributed by atoms with Crippen molar-refractivity contribution in [1.29, 1.82) is 0 Å². The van der Waals surface area contributed by atoms with Gasteiger partial charge in [0.05, 0.1) is 33.0 Å². The minimum Gasteiger partial charge on any atom is -0.414 e. The summed E-state index contributed by atoms with van der Waals surface area (Å²) in [6.45, 7) is 11.3. The molecule has 0 saturated heterocycles. The summed E-state index contributed by atoms with van der Waals surface area (Å²) < 4.78 is 25.9. The highest BCUT2D eigenvalue weighted by Crippen LogP contribution is 2.37. The third kappa shape index (κ3) is 12.3. The van der Waals surface area contributed by atoms with Gasteiger partial charge in [0.2, 0.25) is 0 Å². The number of nitrogens with one attached hydrogen (secondary N) is 1. The van der Waals surface area contributed by atoms with E-state index in [2.05, 4.69) is 39.3 Å². The van der Waals surface area contributed by atoms with Crippen LogP contribution in [0.25, 0.3) is 0 Å². The van der Waals surface area contributed by atoms with Crippen LogP contribution in [0.2, 0.25) is 18.1 Å². The molecule has 0 spiro atoms. The minimum atomic E-state index is -2.25. The van der Waals surface area contributed by atoms with E-state index >= 15 is 0 Å². The van der Waals surface area contributed by atoms with Crippen molar-refractivity contribution in [2.75, 3.05) is 6.61 Å². The van der Waals surface area contributed by atoms with Crippen molar-refractivity contribution in [1.82, 2.24) is 5.48 Å². The predicted octanol–water partition coefficient (Wildman–Crippen LogP) is 7.37. The van der Waals surface area contributed by atoms with E-state index in [0.717, 1.165) is 22.3 Å². The van der Waals surface area contributed by atoms with E-state index in [1.807, 2.05) is 121 Å². The minimum absolute atomic E-state index is 0.00131. The monoisotopic (exact) mass is 685 g/mol. The first-order valence-electron chi connectivity index (χ1n) is 16.8. The number of carbonyl (C=O) groups is 1. The standard InChI is InChI=1S/C40H51NO7Si/c1-40(2,3)49(4,5)48-30-35(42)36(44-26-31-18-10-6-11-19-31)37(45-27-32-20-12-7-13-21-32)38(46-28-33-22-14-8-15-23-33)39(43)41-47-29-34-24-16-9-17-25-34/h6-25,35-38,42H,26-30H2,1-5H3,(H,41,43)/t35-,36-,37+,38-/m1/s1. The van der Waals surface area contributed by atoms with Crippen molar-refractivity contribution < 1.29 is 33.4 Å². The largest absolute Gasteiger partial charge is 0.414 e. The summed E-state index contributed by atoms with van der Waals surface area (Å²) in [6, 6.07) is 38.5. The Labute approximate surface area is 292 Å². The molecule has 0 fully saturated rings. The van der Waals surface area contributed by atoms with Crippen molar-refractivity contribution in [3.8, 4) is 0 Å². The van der Waals surface area contributed by atoms with Gasteiger partial charge in [0, 0.05) is 0 Å². The van der Waals surface area contributed by atoms with Crippen molar-refractivity contribution in [3.05, 3.63) is 144 Å². The van der Waals surface area contributed by atoms with Gasteiger partial charge in [0.25, 0.3) is 5.91 Å². The average Bonchev–Trinajstić information content (AvgIpc) is 3.10. The van der Waals surface area contributed by atoms with Gasteiger partial charge < -0.3 is 23.7 Å². The molecule has 4 atom stereocenters. The molecule has 0 aliphatic carbocycles. The number of amides is 1. The molecule has 0 radical (unpaired) electrons. The molecule has 0 aliphatic heterocycles. The fourth-order valence-corrected chi connectivity index (χ4v) is 5.84. The fraction of sp³-hybridized carbons (Fsp3) is 0.375. The molecule has 0 aliphatic rings. The lowest BCUT2D eigenvalue weighted by atomic mass is 10.0. The van der Waals surface area contributed by atoms with Crippen molar-refractivity contribution in [3.63, 3.8) is 0 Å². The Kier molecular flexibility index (Phi) is 14.7. The topological polar surface area (TPSA) is 95.5 Å². The number of carbonyl (C=O) groups excluding carboxylic acids is 1. The van der Waals surface area contributed by atoms with E-state index < -0.39 is 38.6 Å². The molecule has 49 heavy (non-hydrogen) atoms. The smallest absolute Gasteiger partial charge is 0.275 e. The van der Waals surface area contributed by atoms with Crippen LogP contribution in [0.1, 0.15) is 43.0 Å². The Morgan fingerprint density at radius 3 is 1.45 bits per heavy atom. The highest BCUT2D eigenvalue weighted by molar-refractivity contribution is 6.74. The molecule has 0 saturated carbocycles. The maximum atomic E-state index is 14.1. The van der Waals surface area contributed by atoms with E-state index in [9.17, 15) is 9.90 Å². The van der Waals surface area contributed by atoms with Crippen molar-refractivity contribution >= 4 is 14.2 Å². The number of aliphatic hydroxyl groups is 1. The van der Waals surface area contributed by atoms with E-state index in [-0.39, 0.29) is 38.1 Å². The third-order valence-electron chi connectivity index (χ3n) is 8.78. The van der Waals surface area contributed by atoms with Gasteiger partial charge in [-0.1, -0.05) is 142 Å². The maximum Gasteiger partial charge on any atom is 0.275 e. The first-order chi connectivity index (χ1) is 23.5. The van der Waals surface area contributed by atoms with Crippen LogP contribution in [0.3, 0.4) is 0 Å². The zero-order chi connectivity index (χ0) is 35.1. The molecule has 4 aromatic carbocycles. The Morgan fingerprint density at radius 1 is 0.633 bits per heavy atom. The van der Waals surface area contributed by atoms with Gasteiger partial charge in [0.1, 0.15) is 18.3 Å². The number of rotatable bonds is 19.